The Morgan fingerprint density at radius 3 is 2.05 bits per heavy atom. The fraction of sp³-hybridized carbons (Fsp3) is 0.333. The number of hydrogen-bond acceptors (Lipinski definition) is 3. The Kier molecular flexibility index (Phi) is 4.86. The standard InChI is InChI=1S/C18H22O3/c1-12-5-6-14(7-13(12)2)8-18(19)15-9-16(20-3)11-17(10-15)21-4/h5-7,9-11,18-19H,8H2,1-4H3. The van der Waals surface area contributed by atoms with Gasteiger partial charge in [-0.05, 0) is 48.2 Å². The Balaban J connectivity index is 2.22. The van der Waals surface area contributed by atoms with E-state index in [1.54, 1.807) is 20.3 Å². The van der Waals surface area contributed by atoms with Crippen molar-refractivity contribution in [3.05, 3.63) is 58.7 Å². The summed E-state index contributed by atoms with van der Waals surface area (Å²) in [5.74, 6) is 1.37. The number of methoxy groups -OCH3 is 2. The molecule has 1 atom stereocenters. The Morgan fingerprint density at radius 1 is 0.905 bits per heavy atom. The number of benzene rings is 2. The van der Waals surface area contributed by atoms with Crippen LogP contribution in [0.1, 0.15) is 28.4 Å². The van der Waals surface area contributed by atoms with Crippen LogP contribution in [0.5, 0.6) is 11.5 Å². The Labute approximate surface area is 126 Å². The second-order valence-electron chi connectivity index (χ2n) is 5.28. The summed E-state index contributed by atoms with van der Waals surface area (Å²) >= 11 is 0. The second kappa shape index (κ2) is 6.64. The molecule has 2 rings (SSSR count). The molecule has 1 N–H and O–H groups in total. The van der Waals surface area contributed by atoms with Crippen molar-refractivity contribution in [1.82, 2.24) is 0 Å². The van der Waals surface area contributed by atoms with Crippen molar-refractivity contribution in [3.63, 3.8) is 0 Å². The van der Waals surface area contributed by atoms with Crippen molar-refractivity contribution in [2.24, 2.45) is 0 Å². The van der Waals surface area contributed by atoms with Gasteiger partial charge in [-0.1, -0.05) is 18.2 Å². The Morgan fingerprint density at radius 2 is 1.52 bits per heavy atom. The van der Waals surface area contributed by atoms with Crippen LogP contribution < -0.4 is 9.47 Å². The maximum atomic E-state index is 10.5. The van der Waals surface area contributed by atoms with Crippen molar-refractivity contribution >= 4 is 0 Å². The highest BCUT2D eigenvalue weighted by molar-refractivity contribution is 5.40. The molecular weight excluding hydrogens is 264 g/mol. The van der Waals surface area contributed by atoms with E-state index in [4.69, 9.17) is 9.47 Å². The quantitative estimate of drug-likeness (QED) is 0.912. The zero-order valence-electron chi connectivity index (χ0n) is 13.0. The van der Waals surface area contributed by atoms with Gasteiger partial charge in [-0.25, -0.2) is 0 Å². The van der Waals surface area contributed by atoms with Crippen LogP contribution in [-0.2, 0) is 6.42 Å². The molecule has 0 radical (unpaired) electrons. The van der Waals surface area contributed by atoms with E-state index in [0.29, 0.717) is 17.9 Å². The van der Waals surface area contributed by atoms with E-state index in [1.165, 1.54) is 11.1 Å². The molecule has 0 aliphatic heterocycles. The summed E-state index contributed by atoms with van der Waals surface area (Å²) in [6, 6.07) is 11.7. The van der Waals surface area contributed by atoms with Gasteiger partial charge in [0.2, 0.25) is 0 Å². The number of rotatable bonds is 5. The third-order valence-electron chi connectivity index (χ3n) is 3.76. The van der Waals surface area contributed by atoms with Crippen molar-refractivity contribution in [2.75, 3.05) is 14.2 Å². The van der Waals surface area contributed by atoms with Crippen LogP contribution in [0, 0.1) is 13.8 Å². The van der Waals surface area contributed by atoms with E-state index in [1.807, 2.05) is 12.1 Å². The summed E-state index contributed by atoms with van der Waals surface area (Å²) in [4.78, 5) is 0. The van der Waals surface area contributed by atoms with Gasteiger partial charge in [0.25, 0.3) is 0 Å². The van der Waals surface area contributed by atoms with Gasteiger partial charge in [0.05, 0.1) is 20.3 Å². The van der Waals surface area contributed by atoms with Gasteiger partial charge >= 0.3 is 0 Å². The van der Waals surface area contributed by atoms with Crippen LogP contribution in [0.3, 0.4) is 0 Å². The number of aliphatic hydroxyl groups excluding tert-OH is 1. The maximum absolute atomic E-state index is 10.5. The van der Waals surface area contributed by atoms with E-state index in [0.717, 1.165) is 11.1 Å². The monoisotopic (exact) mass is 286 g/mol. The third-order valence-corrected chi connectivity index (χ3v) is 3.76. The molecule has 0 aliphatic carbocycles. The first-order chi connectivity index (χ1) is 10.0. The normalized spacial score (nSPS) is 12.0. The zero-order chi connectivity index (χ0) is 15.4. The molecule has 2 aromatic rings. The number of aliphatic hydroxyl groups is 1. The van der Waals surface area contributed by atoms with Crippen LogP contribution >= 0.6 is 0 Å². The van der Waals surface area contributed by atoms with Gasteiger partial charge in [0.15, 0.2) is 0 Å². The van der Waals surface area contributed by atoms with E-state index in [-0.39, 0.29) is 0 Å². The molecular formula is C18H22O3. The average molecular weight is 286 g/mol. The summed E-state index contributed by atoms with van der Waals surface area (Å²) in [7, 11) is 3.21. The number of hydrogen-bond donors (Lipinski definition) is 1. The van der Waals surface area contributed by atoms with Crippen LogP contribution in [-0.4, -0.2) is 19.3 Å². The van der Waals surface area contributed by atoms with Crippen LogP contribution in [0.2, 0.25) is 0 Å². The lowest BCUT2D eigenvalue weighted by Crippen LogP contribution is -2.03. The highest BCUT2D eigenvalue weighted by atomic mass is 16.5. The minimum Gasteiger partial charge on any atom is -0.497 e. The molecule has 2 aromatic carbocycles. The molecule has 0 saturated heterocycles. The summed E-state index contributed by atoms with van der Waals surface area (Å²) in [6.07, 6.45) is -0.0200. The molecule has 0 aromatic heterocycles. The summed E-state index contributed by atoms with van der Waals surface area (Å²) in [6.45, 7) is 4.17. The van der Waals surface area contributed by atoms with Crippen molar-refractivity contribution in [3.8, 4) is 11.5 Å². The SMILES string of the molecule is COc1cc(OC)cc(C(O)Cc2ccc(C)c(C)c2)c1. The first kappa shape index (κ1) is 15.4. The molecule has 0 bridgehead atoms. The maximum Gasteiger partial charge on any atom is 0.122 e. The molecule has 3 heteroatoms. The lowest BCUT2D eigenvalue weighted by molar-refractivity contribution is 0.177. The van der Waals surface area contributed by atoms with Crippen molar-refractivity contribution < 1.29 is 14.6 Å². The van der Waals surface area contributed by atoms with Gasteiger partial charge in [-0.15, -0.1) is 0 Å². The minimum absolute atomic E-state index is 0.567. The molecule has 0 saturated carbocycles. The van der Waals surface area contributed by atoms with Gasteiger partial charge in [0, 0.05) is 12.5 Å². The molecule has 1 unspecified atom stereocenters. The lowest BCUT2D eigenvalue weighted by Gasteiger charge is -2.15. The van der Waals surface area contributed by atoms with Crippen LogP contribution in [0.15, 0.2) is 36.4 Å². The van der Waals surface area contributed by atoms with E-state index in [9.17, 15) is 5.11 Å². The third kappa shape index (κ3) is 3.76. The predicted octanol–water partition coefficient (Wildman–Crippen LogP) is 3.60. The molecule has 0 aliphatic rings. The fourth-order valence-corrected chi connectivity index (χ4v) is 2.29. The minimum atomic E-state index is -0.587. The summed E-state index contributed by atoms with van der Waals surface area (Å²) in [5.41, 5.74) is 4.41. The van der Waals surface area contributed by atoms with Gasteiger partial charge in [-0.3, -0.25) is 0 Å². The highest BCUT2D eigenvalue weighted by Crippen LogP contribution is 2.28. The van der Waals surface area contributed by atoms with E-state index in [2.05, 4.69) is 32.0 Å². The van der Waals surface area contributed by atoms with Crippen LogP contribution in [0.4, 0.5) is 0 Å². The Hall–Kier alpha value is -2.00. The molecule has 0 heterocycles. The fourth-order valence-electron chi connectivity index (χ4n) is 2.29. The van der Waals surface area contributed by atoms with Crippen LogP contribution in [0.25, 0.3) is 0 Å². The number of aryl methyl sites for hydroxylation is 2. The first-order valence-corrected chi connectivity index (χ1v) is 7.00. The molecule has 21 heavy (non-hydrogen) atoms. The van der Waals surface area contributed by atoms with Crippen molar-refractivity contribution in [1.29, 1.82) is 0 Å². The highest BCUT2D eigenvalue weighted by Gasteiger charge is 2.12. The first-order valence-electron chi connectivity index (χ1n) is 7.00. The predicted molar refractivity (Wildman–Crippen MR) is 84.1 cm³/mol. The molecule has 3 nitrogen and oxygen atoms in total. The van der Waals surface area contributed by atoms with E-state index < -0.39 is 6.10 Å². The number of ether oxygens (including phenoxy) is 2. The topological polar surface area (TPSA) is 38.7 Å². The zero-order valence-corrected chi connectivity index (χ0v) is 13.0. The van der Waals surface area contributed by atoms with Crippen molar-refractivity contribution in [2.45, 2.75) is 26.4 Å². The lowest BCUT2D eigenvalue weighted by atomic mass is 9.98. The second-order valence-corrected chi connectivity index (χ2v) is 5.28. The Bertz CT molecular complexity index is 598. The summed E-state index contributed by atoms with van der Waals surface area (Å²) < 4.78 is 10.5. The molecule has 0 amide bonds. The smallest absolute Gasteiger partial charge is 0.122 e. The largest absolute Gasteiger partial charge is 0.497 e. The van der Waals surface area contributed by atoms with E-state index >= 15 is 0 Å². The van der Waals surface area contributed by atoms with Gasteiger partial charge < -0.3 is 14.6 Å². The van der Waals surface area contributed by atoms with Gasteiger partial charge in [0.1, 0.15) is 11.5 Å². The molecule has 112 valence electrons. The van der Waals surface area contributed by atoms with Gasteiger partial charge in [-0.2, -0.15) is 0 Å². The average Bonchev–Trinajstić information content (AvgIpc) is 2.50. The molecule has 0 fully saturated rings. The summed E-state index contributed by atoms with van der Waals surface area (Å²) in [5, 5.41) is 10.5. The molecule has 0 spiro atoms.